The summed E-state index contributed by atoms with van der Waals surface area (Å²) in [5, 5.41) is 13.4. The Morgan fingerprint density at radius 3 is 2.11 bits per heavy atom. The van der Waals surface area contributed by atoms with Gasteiger partial charge in [-0.1, -0.05) is 51.7 Å². The van der Waals surface area contributed by atoms with Gasteiger partial charge in [0.1, 0.15) is 5.75 Å². The molecular weight excluding hydrogens is 222 g/mol. The molecule has 102 valence electrons. The summed E-state index contributed by atoms with van der Waals surface area (Å²) >= 11 is 0. The van der Waals surface area contributed by atoms with Gasteiger partial charge in [-0.2, -0.15) is 0 Å². The van der Waals surface area contributed by atoms with Crippen LogP contribution in [0.4, 0.5) is 5.69 Å². The van der Waals surface area contributed by atoms with Crippen LogP contribution in [0.2, 0.25) is 0 Å². The van der Waals surface area contributed by atoms with Crippen LogP contribution >= 0.6 is 0 Å². The lowest BCUT2D eigenvalue weighted by molar-refractivity contribution is 0.403. The number of anilines is 1. The molecule has 1 aromatic carbocycles. The van der Waals surface area contributed by atoms with Crippen LogP contribution in [0.3, 0.4) is 0 Å². The highest BCUT2D eigenvalue weighted by atomic mass is 16.3. The summed E-state index contributed by atoms with van der Waals surface area (Å²) in [5.41, 5.74) is 0.942. The van der Waals surface area contributed by atoms with Gasteiger partial charge in [0.05, 0.1) is 5.69 Å². The Hall–Kier alpha value is -1.18. The van der Waals surface area contributed by atoms with Crippen LogP contribution in [0.5, 0.6) is 5.75 Å². The van der Waals surface area contributed by atoms with E-state index < -0.39 is 0 Å². The van der Waals surface area contributed by atoms with Gasteiger partial charge in [-0.25, -0.2) is 0 Å². The predicted molar refractivity (Wildman–Crippen MR) is 79.2 cm³/mol. The molecule has 0 bridgehead atoms. The molecule has 0 heterocycles. The van der Waals surface area contributed by atoms with Crippen LogP contribution in [0.1, 0.15) is 59.3 Å². The normalized spacial score (nSPS) is 11.5. The first-order valence-electron chi connectivity index (χ1n) is 7.17. The highest BCUT2D eigenvalue weighted by Gasteiger charge is 2.23. The lowest BCUT2D eigenvalue weighted by Crippen LogP contribution is -2.34. The molecule has 1 aromatic rings. The molecule has 0 aliphatic carbocycles. The van der Waals surface area contributed by atoms with Crippen molar-refractivity contribution in [2.75, 3.05) is 5.32 Å². The Balaban J connectivity index is 2.73. The van der Waals surface area contributed by atoms with E-state index in [-0.39, 0.29) is 5.54 Å². The number of phenolic OH excluding ortho intramolecular Hbond substituents is 1. The maximum atomic E-state index is 9.86. The maximum Gasteiger partial charge on any atom is 0.138 e. The van der Waals surface area contributed by atoms with Crippen LogP contribution in [-0.4, -0.2) is 10.6 Å². The maximum absolute atomic E-state index is 9.86. The van der Waals surface area contributed by atoms with Gasteiger partial charge in [-0.3, -0.25) is 0 Å². The van der Waals surface area contributed by atoms with Crippen molar-refractivity contribution in [3.63, 3.8) is 0 Å². The predicted octanol–water partition coefficient (Wildman–Crippen LogP) is 4.94. The van der Waals surface area contributed by atoms with Gasteiger partial charge < -0.3 is 10.4 Å². The zero-order valence-electron chi connectivity index (χ0n) is 12.0. The third-order valence-electron chi connectivity index (χ3n) is 3.50. The fourth-order valence-electron chi connectivity index (χ4n) is 2.29. The smallest absolute Gasteiger partial charge is 0.138 e. The number of hydrogen-bond acceptors (Lipinski definition) is 2. The molecule has 0 saturated carbocycles. The number of benzene rings is 1. The molecule has 1 rings (SSSR count). The first-order valence-corrected chi connectivity index (χ1v) is 7.17. The number of aromatic hydroxyl groups is 1. The van der Waals surface area contributed by atoms with Crippen molar-refractivity contribution in [3.8, 4) is 5.75 Å². The van der Waals surface area contributed by atoms with Gasteiger partial charge in [-0.05, 0) is 31.9 Å². The van der Waals surface area contributed by atoms with E-state index in [0.29, 0.717) is 5.75 Å². The molecule has 18 heavy (non-hydrogen) atoms. The van der Waals surface area contributed by atoms with Crippen LogP contribution < -0.4 is 5.32 Å². The first-order chi connectivity index (χ1) is 8.61. The van der Waals surface area contributed by atoms with Gasteiger partial charge in [0, 0.05) is 5.54 Å². The zero-order chi connectivity index (χ0) is 13.4. The Bertz CT molecular complexity index is 341. The van der Waals surface area contributed by atoms with Gasteiger partial charge >= 0.3 is 0 Å². The summed E-state index contributed by atoms with van der Waals surface area (Å²) in [7, 11) is 0. The van der Waals surface area contributed by atoms with E-state index in [2.05, 4.69) is 26.1 Å². The lowest BCUT2D eigenvalue weighted by Gasteiger charge is -2.32. The Labute approximate surface area is 111 Å². The summed E-state index contributed by atoms with van der Waals surface area (Å²) in [5.74, 6) is 0.344. The molecule has 0 aromatic heterocycles. The number of rotatable bonds is 8. The summed E-state index contributed by atoms with van der Waals surface area (Å²) in [6.45, 7) is 6.71. The van der Waals surface area contributed by atoms with Crippen molar-refractivity contribution in [1.29, 1.82) is 0 Å². The average Bonchev–Trinajstić information content (AvgIpc) is 2.37. The average molecular weight is 249 g/mol. The van der Waals surface area contributed by atoms with E-state index in [1.807, 2.05) is 18.2 Å². The molecule has 0 unspecified atom stereocenters. The lowest BCUT2D eigenvalue weighted by atomic mass is 9.88. The molecule has 0 aliphatic heterocycles. The molecular formula is C16H27NO. The largest absolute Gasteiger partial charge is 0.506 e. The molecule has 2 nitrogen and oxygen atoms in total. The van der Waals surface area contributed by atoms with Gasteiger partial charge in [0.25, 0.3) is 0 Å². The third-order valence-corrected chi connectivity index (χ3v) is 3.50. The van der Waals surface area contributed by atoms with Crippen molar-refractivity contribution in [1.82, 2.24) is 0 Å². The summed E-state index contributed by atoms with van der Waals surface area (Å²) < 4.78 is 0. The number of para-hydroxylation sites is 2. The summed E-state index contributed by atoms with van der Waals surface area (Å²) in [6.07, 6.45) is 7.17. The molecule has 2 N–H and O–H groups in total. The second-order valence-electron chi connectivity index (χ2n) is 5.41. The van der Waals surface area contributed by atoms with E-state index in [9.17, 15) is 5.11 Å². The Morgan fingerprint density at radius 1 is 1.06 bits per heavy atom. The van der Waals surface area contributed by atoms with Crippen LogP contribution in [0.15, 0.2) is 24.3 Å². The standard InChI is InChI=1S/C16H27NO/c1-4-6-12-16(3,13-7-5-2)17-14-10-8-9-11-15(14)18/h8-11,17-18H,4-7,12-13H2,1-3H3. The van der Waals surface area contributed by atoms with Crippen LogP contribution in [0.25, 0.3) is 0 Å². The second kappa shape index (κ2) is 7.30. The molecule has 0 amide bonds. The van der Waals surface area contributed by atoms with Crippen molar-refractivity contribution < 1.29 is 5.11 Å². The minimum absolute atomic E-state index is 0.0881. The number of hydrogen-bond donors (Lipinski definition) is 2. The zero-order valence-corrected chi connectivity index (χ0v) is 12.0. The second-order valence-corrected chi connectivity index (χ2v) is 5.41. The summed E-state index contributed by atoms with van der Waals surface area (Å²) in [4.78, 5) is 0. The minimum atomic E-state index is 0.0881. The van der Waals surface area contributed by atoms with Crippen LogP contribution in [0, 0.1) is 0 Å². The van der Waals surface area contributed by atoms with Crippen molar-refractivity contribution in [2.45, 2.75) is 64.8 Å². The number of unbranched alkanes of at least 4 members (excludes halogenated alkanes) is 2. The highest BCUT2D eigenvalue weighted by molar-refractivity contribution is 5.56. The van der Waals surface area contributed by atoms with Crippen molar-refractivity contribution >= 4 is 5.69 Å². The van der Waals surface area contributed by atoms with Crippen LogP contribution in [-0.2, 0) is 0 Å². The molecule has 0 aliphatic rings. The Morgan fingerprint density at radius 2 is 1.61 bits per heavy atom. The molecule has 0 radical (unpaired) electrons. The highest BCUT2D eigenvalue weighted by Crippen LogP contribution is 2.30. The van der Waals surface area contributed by atoms with E-state index in [1.165, 1.54) is 25.7 Å². The SMILES string of the molecule is CCCCC(C)(CCCC)Nc1ccccc1O. The molecule has 0 spiro atoms. The third kappa shape index (κ3) is 4.59. The first kappa shape index (κ1) is 14.9. The monoisotopic (exact) mass is 249 g/mol. The van der Waals surface area contributed by atoms with Crippen molar-refractivity contribution in [3.05, 3.63) is 24.3 Å². The molecule has 0 fully saturated rings. The van der Waals surface area contributed by atoms with E-state index in [0.717, 1.165) is 18.5 Å². The molecule has 0 atom stereocenters. The topological polar surface area (TPSA) is 32.3 Å². The van der Waals surface area contributed by atoms with Gasteiger partial charge in [-0.15, -0.1) is 0 Å². The van der Waals surface area contributed by atoms with Gasteiger partial charge in [0.15, 0.2) is 0 Å². The Kier molecular flexibility index (Phi) is 6.03. The minimum Gasteiger partial charge on any atom is -0.506 e. The fraction of sp³-hybridized carbons (Fsp3) is 0.625. The summed E-state index contributed by atoms with van der Waals surface area (Å²) in [6, 6.07) is 7.51. The van der Waals surface area contributed by atoms with E-state index >= 15 is 0 Å². The van der Waals surface area contributed by atoms with E-state index in [1.54, 1.807) is 6.07 Å². The van der Waals surface area contributed by atoms with Crippen molar-refractivity contribution in [2.24, 2.45) is 0 Å². The fourth-order valence-corrected chi connectivity index (χ4v) is 2.29. The number of phenols is 1. The van der Waals surface area contributed by atoms with Gasteiger partial charge in [0.2, 0.25) is 0 Å². The molecule has 2 heteroatoms. The van der Waals surface area contributed by atoms with E-state index in [4.69, 9.17) is 0 Å². The number of nitrogens with one attached hydrogen (secondary N) is 1. The molecule has 0 saturated heterocycles. The quantitative estimate of drug-likeness (QED) is 0.639.